The Balaban J connectivity index is 2.41. The number of phenols is 1. The molecule has 1 unspecified atom stereocenters. The van der Waals surface area contributed by atoms with Crippen LogP contribution in [0.3, 0.4) is 0 Å². The summed E-state index contributed by atoms with van der Waals surface area (Å²) < 4.78 is 21.5. The van der Waals surface area contributed by atoms with E-state index in [4.69, 9.17) is 15.8 Å². The number of hydrogen-bond acceptors (Lipinski definition) is 4. The normalized spacial score (nSPS) is 12.1. The molecule has 2 rings (SSSR count). The van der Waals surface area contributed by atoms with Crippen LogP contribution in [-0.4, -0.2) is 15.2 Å². The zero-order chi connectivity index (χ0) is 23.6. The Bertz CT molecular complexity index is 1020. The maximum Gasteiger partial charge on any atom is 0.316 e. The van der Waals surface area contributed by atoms with Gasteiger partial charge in [-0.25, -0.2) is 0 Å². The van der Waals surface area contributed by atoms with Crippen LogP contribution in [-0.2, 0) is 22.5 Å². The van der Waals surface area contributed by atoms with Gasteiger partial charge in [0.1, 0.15) is 5.75 Å². The van der Waals surface area contributed by atoms with Crippen LogP contribution in [0.5, 0.6) is 11.5 Å². The molecule has 1 amide bonds. The number of phenolic OH excluding ortho intramolecular Hbond substituents is 1. The van der Waals surface area contributed by atoms with E-state index in [1.165, 1.54) is 11.6 Å². The molecule has 0 radical (unpaired) electrons. The fourth-order valence-corrected chi connectivity index (χ4v) is 4.41. The molecule has 0 saturated heterocycles. The van der Waals surface area contributed by atoms with Crippen molar-refractivity contribution in [2.24, 2.45) is 5.92 Å². The molecule has 3 N–H and O–H groups in total. The molecule has 0 aliphatic heterocycles. The summed E-state index contributed by atoms with van der Waals surface area (Å²) >= 11 is 4.41. The number of anilines is 2. The third-order valence-corrected chi connectivity index (χ3v) is 6.87. The number of carbonyl (C=O) groups excluding carboxylic acids is 1. The van der Waals surface area contributed by atoms with Crippen molar-refractivity contribution >= 4 is 40.1 Å². The molecule has 0 bridgehead atoms. The number of rotatable bonds is 7. The van der Waals surface area contributed by atoms with E-state index < -0.39 is 11.3 Å². The second kappa shape index (κ2) is 9.92. The predicted octanol–water partition coefficient (Wildman–Crippen LogP) is 5.81. The van der Waals surface area contributed by atoms with Crippen LogP contribution in [0.1, 0.15) is 54.2 Å². The zero-order valence-corrected chi connectivity index (χ0v) is 20.9. The molecule has 0 heterocycles. The molecule has 0 aliphatic rings. The van der Waals surface area contributed by atoms with Crippen molar-refractivity contribution in [1.82, 2.24) is 0 Å². The van der Waals surface area contributed by atoms with Gasteiger partial charge in [0.25, 0.3) is 0 Å². The van der Waals surface area contributed by atoms with E-state index in [9.17, 15) is 14.1 Å². The number of benzene rings is 2. The van der Waals surface area contributed by atoms with Crippen molar-refractivity contribution < 1.29 is 18.3 Å². The van der Waals surface area contributed by atoms with Gasteiger partial charge in [0.15, 0.2) is 5.75 Å². The summed E-state index contributed by atoms with van der Waals surface area (Å²) in [6.45, 7) is 15.3. The second-order valence-corrected chi connectivity index (χ2v) is 9.20. The lowest BCUT2D eigenvalue weighted by atomic mass is 9.94. The fraction of sp³-hybridized carbons (Fsp3) is 0.435. The average molecular weight is 467 g/mol. The maximum atomic E-state index is 12.9. The van der Waals surface area contributed by atoms with Gasteiger partial charge in [-0.05, 0) is 80.5 Å². The Morgan fingerprint density at radius 3 is 2.06 bits per heavy atom. The van der Waals surface area contributed by atoms with Crippen LogP contribution < -0.4 is 14.2 Å². The molecule has 0 aliphatic carbocycles. The minimum atomic E-state index is -1.93. The van der Waals surface area contributed by atoms with Crippen molar-refractivity contribution in [3.8, 4) is 11.5 Å². The topological polar surface area (TPSA) is 87.7 Å². The lowest BCUT2D eigenvalue weighted by Gasteiger charge is -2.20. The van der Waals surface area contributed by atoms with Gasteiger partial charge in [-0.2, -0.15) is 4.21 Å². The van der Waals surface area contributed by atoms with Gasteiger partial charge in [0, 0.05) is 5.92 Å². The van der Waals surface area contributed by atoms with E-state index in [2.05, 4.69) is 17.0 Å². The van der Waals surface area contributed by atoms with Crippen molar-refractivity contribution in [2.45, 2.75) is 61.8 Å². The number of carbonyl (C=O) groups is 1. The molecular weight excluding hydrogens is 436 g/mol. The third-order valence-electron chi connectivity index (χ3n) is 5.76. The Hall–Kier alpha value is -2.25. The van der Waals surface area contributed by atoms with Gasteiger partial charge < -0.3 is 14.6 Å². The predicted molar refractivity (Wildman–Crippen MR) is 128 cm³/mol. The summed E-state index contributed by atoms with van der Waals surface area (Å²) in [5, 5.41) is 13.2. The molecule has 8 heteroatoms. The molecule has 170 valence electrons. The standard InChI is InChI=1S/C23H31ClN2O4S/c1-9-17-18(10-19(21(27)20(17)24)25-23(28)11(2)3)26-31(29)30-22-15(7)13(5)12(4)14(6)16(22)8/h10-11,26-27H,9H2,1-8H3,(H,25,28). The SMILES string of the molecule is CCc1c(NS(=O)Oc2c(C)c(C)c(C)c(C)c2C)cc(NC(=O)C(C)C)c(O)c1Cl. The Morgan fingerprint density at radius 1 is 1.06 bits per heavy atom. The third kappa shape index (κ3) is 5.15. The van der Waals surface area contributed by atoms with Crippen molar-refractivity contribution in [3.63, 3.8) is 0 Å². The highest BCUT2D eigenvalue weighted by Gasteiger charge is 2.21. The van der Waals surface area contributed by atoms with Crippen molar-refractivity contribution in [1.29, 1.82) is 0 Å². The summed E-state index contributed by atoms with van der Waals surface area (Å²) in [4.78, 5) is 12.1. The molecule has 2 aromatic rings. The number of halogens is 1. The Kier molecular flexibility index (Phi) is 8.00. The van der Waals surface area contributed by atoms with Gasteiger partial charge in [-0.3, -0.25) is 9.52 Å². The Labute approximate surface area is 192 Å². The summed E-state index contributed by atoms with van der Waals surface area (Å²) in [7, 11) is 0. The minimum Gasteiger partial charge on any atom is -0.504 e. The number of amides is 1. The van der Waals surface area contributed by atoms with E-state index in [0.29, 0.717) is 23.4 Å². The van der Waals surface area contributed by atoms with E-state index in [-0.39, 0.29) is 28.3 Å². The molecule has 2 aromatic carbocycles. The van der Waals surface area contributed by atoms with Crippen LogP contribution in [0.2, 0.25) is 5.02 Å². The molecule has 31 heavy (non-hydrogen) atoms. The van der Waals surface area contributed by atoms with Crippen LogP contribution in [0.15, 0.2) is 6.07 Å². The van der Waals surface area contributed by atoms with Crippen LogP contribution >= 0.6 is 11.6 Å². The maximum absolute atomic E-state index is 12.9. The van der Waals surface area contributed by atoms with Crippen LogP contribution in [0.4, 0.5) is 11.4 Å². The Morgan fingerprint density at radius 2 is 1.58 bits per heavy atom. The quantitative estimate of drug-likeness (QED) is 0.354. The van der Waals surface area contributed by atoms with Crippen molar-refractivity contribution in [3.05, 3.63) is 44.5 Å². The minimum absolute atomic E-state index is 0.0953. The van der Waals surface area contributed by atoms with E-state index in [1.807, 2.05) is 34.6 Å². The molecule has 1 atom stereocenters. The van der Waals surface area contributed by atoms with Crippen LogP contribution in [0.25, 0.3) is 0 Å². The molecule has 0 saturated carbocycles. The summed E-state index contributed by atoms with van der Waals surface area (Å²) in [5.41, 5.74) is 6.37. The average Bonchev–Trinajstić information content (AvgIpc) is 2.72. The van der Waals surface area contributed by atoms with E-state index in [0.717, 1.165) is 22.3 Å². The summed E-state index contributed by atoms with van der Waals surface area (Å²) in [6.07, 6.45) is 0.477. The largest absolute Gasteiger partial charge is 0.504 e. The van der Waals surface area contributed by atoms with Gasteiger partial charge in [0.05, 0.1) is 16.4 Å². The number of hydrogen-bond donors (Lipinski definition) is 3. The summed E-state index contributed by atoms with van der Waals surface area (Å²) in [6, 6.07) is 1.52. The van der Waals surface area contributed by atoms with Gasteiger partial charge in [-0.15, -0.1) is 0 Å². The van der Waals surface area contributed by atoms with Gasteiger partial charge in [-0.1, -0.05) is 32.4 Å². The fourth-order valence-electron chi connectivity index (χ4n) is 3.27. The zero-order valence-electron chi connectivity index (χ0n) is 19.3. The van der Waals surface area contributed by atoms with E-state index in [1.54, 1.807) is 13.8 Å². The van der Waals surface area contributed by atoms with E-state index >= 15 is 0 Å². The monoisotopic (exact) mass is 466 g/mol. The number of aromatic hydroxyl groups is 1. The molecule has 0 spiro atoms. The van der Waals surface area contributed by atoms with Crippen LogP contribution in [0, 0.1) is 40.5 Å². The smallest absolute Gasteiger partial charge is 0.316 e. The molecular formula is C23H31ClN2O4S. The first-order chi connectivity index (χ1) is 14.4. The molecule has 6 nitrogen and oxygen atoms in total. The summed E-state index contributed by atoms with van der Waals surface area (Å²) in [5.74, 6) is -0.198. The molecule has 0 aromatic heterocycles. The highest BCUT2D eigenvalue weighted by molar-refractivity contribution is 7.82. The lowest BCUT2D eigenvalue weighted by Crippen LogP contribution is -2.19. The second-order valence-electron chi connectivity index (χ2n) is 7.98. The molecule has 0 fully saturated rings. The number of nitrogens with one attached hydrogen (secondary N) is 2. The van der Waals surface area contributed by atoms with Gasteiger partial charge in [0.2, 0.25) is 5.91 Å². The highest BCUT2D eigenvalue weighted by atomic mass is 35.5. The lowest BCUT2D eigenvalue weighted by molar-refractivity contribution is -0.118. The van der Waals surface area contributed by atoms with Crippen molar-refractivity contribution in [2.75, 3.05) is 10.0 Å². The first-order valence-corrected chi connectivity index (χ1v) is 11.6. The first kappa shape index (κ1) is 25.0. The highest BCUT2D eigenvalue weighted by Crippen LogP contribution is 2.40. The van der Waals surface area contributed by atoms with Gasteiger partial charge >= 0.3 is 11.3 Å². The first-order valence-electron chi connectivity index (χ1n) is 10.2.